The van der Waals surface area contributed by atoms with Crippen LogP contribution in [0.4, 0.5) is 0 Å². The van der Waals surface area contributed by atoms with Gasteiger partial charge in [-0.15, -0.1) is 0 Å². The predicted octanol–water partition coefficient (Wildman–Crippen LogP) is 2.74. The Bertz CT molecular complexity index is 1190. The summed E-state index contributed by atoms with van der Waals surface area (Å²) in [5.74, 6) is 2.79. The summed E-state index contributed by atoms with van der Waals surface area (Å²) in [7, 11) is 2.06. The van der Waals surface area contributed by atoms with Crippen LogP contribution in [-0.2, 0) is 0 Å². The molecule has 0 amide bonds. The number of nitrogens with one attached hydrogen (secondary N) is 2. The van der Waals surface area contributed by atoms with Crippen LogP contribution >= 0.6 is 0 Å². The quantitative estimate of drug-likeness (QED) is 0.807. The van der Waals surface area contributed by atoms with E-state index in [0.717, 1.165) is 47.3 Å². The van der Waals surface area contributed by atoms with Gasteiger partial charge in [-0.05, 0) is 37.1 Å². The van der Waals surface area contributed by atoms with E-state index in [1.54, 1.807) is 12.3 Å². The lowest BCUT2D eigenvalue weighted by atomic mass is 9.95. The van der Waals surface area contributed by atoms with E-state index in [9.17, 15) is 4.79 Å². The molecule has 2 N–H and O–H groups in total. The van der Waals surface area contributed by atoms with E-state index in [0.29, 0.717) is 0 Å². The SMILES string of the molecule is CC1=NC2=C(C=C(c3cc[nH]c(=O)c3)C3=NCCN32)C(NC(C)c2ccccc2)N1C. The average molecular weight is 415 g/mol. The molecule has 3 aliphatic rings. The fourth-order valence-corrected chi connectivity index (χ4v) is 4.38. The van der Waals surface area contributed by atoms with E-state index in [1.165, 1.54) is 5.56 Å². The summed E-state index contributed by atoms with van der Waals surface area (Å²) in [5, 5.41) is 3.79. The summed E-state index contributed by atoms with van der Waals surface area (Å²) in [5.41, 5.74) is 4.03. The van der Waals surface area contributed by atoms with E-state index in [4.69, 9.17) is 9.98 Å². The third kappa shape index (κ3) is 3.41. The molecule has 0 radical (unpaired) electrons. The molecule has 3 aliphatic heterocycles. The number of nitrogens with zero attached hydrogens (tertiary/aromatic N) is 4. The Morgan fingerprint density at radius 3 is 2.81 bits per heavy atom. The summed E-state index contributed by atoms with van der Waals surface area (Å²) in [4.78, 5) is 28.7. The van der Waals surface area contributed by atoms with Crippen molar-refractivity contribution in [1.29, 1.82) is 0 Å². The highest BCUT2D eigenvalue weighted by Gasteiger charge is 2.37. The number of aromatic amines is 1. The molecule has 2 atom stereocenters. The van der Waals surface area contributed by atoms with Crippen LogP contribution in [0.15, 0.2) is 80.9 Å². The van der Waals surface area contributed by atoms with Crippen molar-refractivity contribution in [3.05, 3.63) is 87.6 Å². The van der Waals surface area contributed by atoms with Crippen molar-refractivity contribution in [3.8, 4) is 0 Å². The maximum Gasteiger partial charge on any atom is 0.248 e. The fraction of sp³-hybridized carbons (Fsp3) is 0.292. The third-order valence-corrected chi connectivity index (χ3v) is 6.15. The number of rotatable bonds is 4. The number of fused-ring (bicyclic) bond motifs is 2. The third-order valence-electron chi connectivity index (χ3n) is 6.15. The van der Waals surface area contributed by atoms with Crippen molar-refractivity contribution < 1.29 is 0 Å². The minimum Gasteiger partial charge on any atom is -0.343 e. The highest BCUT2D eigenvalue weighted by Crippen LogP contribution is 2.36. The molecule has 0 aliphatic carbocycles. The molecule has 31 heavy (non-hydrogen) atoms. The van der Waals surface area contributed by atoms with Gasteiger partial charge < -0.3 is 14.8 Å². The molecule has 2 unspecified atom stereocenters. The zero-order valence-electron chi connectivity index (χ0n) is 18.0. The van der Waals surface area contributed by atoms with Gasteiger partial charge in [0.1, 0.15) is 23.7 Å². The maximum atomic E-state index is 12.0. The smallest absolute Gasteiger partial charge is 0.248 e. The number of H-pyrrole nitrogens is 1. The molecule has 7 heteroatoms. The molecule has 158 valence electrons. The maximum absolute atomic E-state index is 12.0. The van der Waals surface area contributed by atoms with Crippen LogP contribution in [0.25, 0.3) is 5.57 Å². The Morgan fingerprint density at radius 2 is 2.03 bits per heavy atom. The molecule has 0 fully saturated rings. The largest absolute Gasteiger partial charge is 0.343 e. The minimum atomic E-state index is -0.120. The second kappa shape index (κ2) is 7.67. The molecule has 0 saturated carbocycles. The van der Waals surface area contributed by atoms with Gasteiger partial charge in [-0.1, -0.05) is 30.3 Å². The number of hydrogen-bond acceptors (Lipinski definition) is 6. The van der Waals surface area contributed by atoms with Crippen LogP contribution in [-0.4, -0.2) is 52.8 Å². The summed E-state index contributed by atoms with van der Waals surface area (Å²) in [6.45, 7) is 5.72. The van der Waals surface area contributed by atoms with Crippen LogP contribution < -0.4 is 10.9 Å². The number of amidine groups is 2. The van der Waals surface area contributed by atoms with Crippen molar-refractivity contribution >= 4 is 17.2 Å². The lowest BCUT2D eigenvalue weighted by Gasteiger charge is -2.41. The first-order chi connectivity index (χ1) is 15.0. The molecule has 0 spiro atoms. The van der Waals surface area contributed by atoms with Crippen molar-refractivity contribution in [1.82, 2.24) is 20.1 Å². The molecule has 0 saturated heterocycles. The van der Waals surface area contributed by atoms with Crippen molar-refractivity contribution in [3.63, 3.8) is 0 Å². The number of pyridine rings is 1. The van der Waals surface area contributed by atoms with Crippen LogP contribution in [0.2, 0.25) is 0 Å². The van der Waals surface area contributed by atoms with Crippen LogP contribution in [0, 0.1) is 0 Å². The molecular formula is C24H26N6O. The number of likely N-dealkylation sites (N-methyl/N-ethyl adjacent to an activating group) is 1. The molecule has 5 rings (SSSR count). The molecule has 1 aromatic carbocycles. The molecule has 0 bridgehead atoms. The van der Waals surface area contributed by atoms with Crippen molar-refractivity contribution in [2.75, 3.05) is 20.1 Å². The highest BCUT2D eigenvalue weighted by atomic mass is 16.1. The lowest BCUT2D eigenvalue weighted by molar-refractivity contribution is 0.306. The Balaban J connectivity index is 1.60. The standard InChI is InChI=1S/C24H26N6O/c1-15(17-7-5-4-6-8-17)27-23-20-14-19(18-9-10-25-21(31)13-18)22-26-11-12-30(22)24(20)28-16(2)29(23)3/h4-10,13-15,23,27H,11-12H2,1-3H3,(H,25,31). The molecule has 2 aromatic rings. The zero-order chi connectivity index (χ0) is 21.5. The first kappa shape index (κ1) is 19.5. The highest BCUT2D eigenvalue weighted by molar-refractivity contribution is 6.25. The van der Waals surface area contributed by atoms with E-state index < -0.39 is 0 Å². The Morgan fingerprint density at radius 1 is 1.23 bits per heavy atom. The van der Waals surface area contributed by atoms with Crippen LogP contribution in [0.5, 0.6) is 0 Å². The predicted molar refractivity (Wildman–Crippen MR) is 124 cm³/mol. The van der Waals surface area contributed by atoms with Gasteiger partial charge in [-0.2, -0.15) is 0 Å². The second-order valence-electron chi connectivity index (χ2n) is 8.11. The topological polar surface area (TPSA) is 76.1 Å². The first-order valence-electron chi connectivity index (χ1n) is 10.6. The van der Waals surface area contributed by atoms with Gasteiger partial charge in [0, 0.05) is 43.0 Å². The van der Waals surface area contributed by atoms with Crippen molar-refractivity contribution in [2.24, 2.45) is 9.98 Å². The van der Waals surface area contributed by atoms with Crippen LogP contribution in [0.3, 0.4) is 0 Å². The number of benzene rings is 1. The van der Waals surface area contributed by atoms with Gasteiger partial charge in [-0.25, -0.2) is 4.99 Å². The Kier molecular flexibility index (Phi) is 4.82. The van der Waals surface area contributed by atoms with E-state index in [1.807, 2.05) is 19.1 Å². The van der Waals surface area contributed by atoms with Gasteiger partial charge in [0.05, 0.1) is 6.54 Å². The average Bonchev–Trinajstić information content (AvgIpc) is 3.27. The monoisotopic (exact) mass is 414 g/mol. The lowest BCUT2D eigenvalue weighted by Crippen LogP contribution is -2.52. The van der Waals surface area contributed by atoms with Gasteiger partial charge in [0.15, 0.2) is 0 Å². The van der Waals surface area contributed by atoms with Gasteiger partial charge in [0.25, 0.3) is 0 Å². The fourth-order valence-electron chi connectivity index (χ4n) is 4.38. The minimum absolute atomic E-state index is 0.0538. The molecule has 7 nitrogen and oxygen atoms in total. The molecular weight excluding hydrogens is 388 g/mol. The van der Waals surface area contributed by atoms with Crippen molar-refractivity contribution in [2.45, 2.75) is 26.1 Å². The first-order valence-corrected chi connectivity index (χ1v) is 10.6. The number of hydrogen-bond donors (Lipinski definition) is 2. The summed E-state index contributed by atoms with van der Waals surface area (Å²) >= 11 is 0. The molecule has 4 heterocycles. The normalized spacial score (nSPS) is 21.3. The Hall–Kier alpha value is -3.45. The number of aromatic nitrogens is 1. The second-order valence-corrected chi connectivity index (χ2v) is 8.11. The van der Waals surface area contributed by atoms with E-state index in [-0.39, 0.29) is 17.8 Å². The van der Waals surface area contributed by atoms with Gasteiger partial charge in [-0.3, -0.25) is 15.1 Å². The number of aliphatic imine (C=N–C) groups is 2. The van der Waals surface area contributed by atoms with Gasteiger partial charge in [0.2, 0.25) is 5.56 Å². The van der Waals surface area contributed by atoms with Gasteiger partial charge >= 0.3 is 0 Å². The van der Waals surface area contributed by atoms with E-state index >= 15 is 0 Å². The zero-order valence-corrected chi connectivity index (χ0v) is 18.0. The van der Waals surface area contributed by atoms with Crippen LogP contribution in [0.1, 0.15) is 31.0 Å². The summed E-state index contributed by atoms with van der Waals surface area (Å²) < 4.78 is 0. The van der Waals surface area contributed by atoms with E-state index in [2.05, 4.69) is 64.4 Å². The molecule has 1 aromatic heterocycles. The summed E-state index contributed by atoms with van der Waals surface area (Å²) in [6, 6.07) is 14.1. The summed E-state index contributed by atoms with van der Waals surface area (Å²) in [6.07, 6.45) is 3.78. The Labute approximate surface area is 181 Å².